The zero-order valence-corrected chi connectivity index (χ0v) is 16.2. The molecule has 5 aromatic rings. The number of aromatic nitrogens is 6. The average molecular weight is 406 g/mol. The quantitative estimate of drug-likeness (QED) is 0.466. The van der Waals surface area contributed by atoms with E-state index in [1.54, 1.807) is 16.6 Å². The van der Waals surface area contributed by atoms with Gasteiger partial charge in [0.25, 0.3) is 0 Å². The predicted molar refractivity (Wildman–Crippen MR) is 108 cm³/mol. The highest BCUT2D eigenvalue weighted by Gasteiger charge is 2.17. The number of benzene rings is 2. The minimum Gasteiger partial charge on any atom is -0.494 e. The molecule has 0 fully saturated rings. The van der Waals surface area contributed by atoms with Crippen molar-refractivity contribution < 1.29 is 9.13 Å². The highest BCUT2D eigenvalue weighted by molar-refractivity contribution is 7.19. The molecule has 144 valence electrons. The van der Waals surface area contributed by atoms with Gasteiger partial charge in [-0.1, -0.05) is 11.3 Å². The van der Waals surface area contributed by atoms with E-state index in [-0.39, 0.29) is 5.82 Å². The van der Waals surface area contributed by atoms with Crippen molar-refractivity contribution in [2.45, 2.75) is 6.92 Å². The van der Waals surface area contributed by atoms with Crippen LogP contribution in [0.4, 0.5) is 4.39 Å². The van der Waals surface area contributed by atoms with Gasteiger partial charge >= 0.3 is 0 Å². The van der Waals surface area contributed by atoms with E-state index in [2.05, 4.69) is 25.5 Å². The standard InChI is InChI=1S/C20H15FN6OS/c1-2-28-15-9-5-13(6-10-15)19-26-27-18(24-25-20(27)29-19)17-11-16(22-23-17)12-3-7-14(21)8-4-12/h3-11H,2H2,1H3,(H,22,23). The fraction of sp³-hybridized carbons (Fsp3) is 0.100. The van der Waals surface area contributed by atoms with Crippen LogP contribution >= 0.6 is 11.3 Å². The first-order chi connectivity index (χ1) is 14.2. The predicted octanol–water partition coefficient (Wildman–Crippen LogP) is 4.45. The van der Waals surface area contributed by atoms with Crippen LogP contribution in [-0.4, -0.2) is 36.6 Å². The van der Waals surface area contributed by atoms with Gasteiger partial charge in [0, 0.05) is 11.1 Å². The van der Waals surface area contributed by atoms with E-state index >= 15 is 0 Å². The molecule has 0 amide bonds. The fourth-order valence-electron chi connectivity index (χ4n) is 2.97. The lowest BCUT2D eigenvalue weighted by molar-refractivity contribution is 0.340. The summed E-state index contributed by atoms with van der Waals surface area (Å²) in [7, 11) is 0. The van der Waals surface area contributed by atoms with E-state index < -0.39 is 0 Å². The number of hydrogen-bond donors (Lipinski definition) is 1. The molecule has 0 radical (unpaired) electrons. The van der Waals surface area contributed by atoms with Crippen LogP contribution < -0.4 is 4.74 Å². The summed E-state index contributed by atoms with van der Waals surface area (Å²) in [6.07, 6.45) is 0. The molecule has 9 heteroatoms. The van der Waals surface area contributed by atoms with Crippen LogP contribution in [0.1, 0.15) is 6.92 Å². The molecule has 0 saturated carbocycles. The maximum absolute atomic E-state index is 13.1. The van der Waals surface area contributed by atoms with Crippen molar-refractivity contribution in [3.63, 3.8) is 0 Å². The van der Waals surface area contributed by atoms with Gasteiger partial charge in [-0.3, -0.25) is 5.10 Å². The Morgan fingerprint density at radius 3 is 2.55 bits per heavy atom. The molecular formula is C20H15FN6OS. The summed E-state index contributed by atoms with van der Waals surface area (Å²) in [5.41, 5.74) is 3.16. The van der Waals surface area contributed by atoms with Crippen molar-refractivity contribution in [1.82, 2.24) is 30.0 Å². The van der Waals surface area contributed by atoms with Crippen LogP contribution in [0.5, 0.6) is 5.75 Å². The second kappa shape index (κ2) is 7.10. The summed E-state index contributed by atoms with van der Waals surface area (Å²) < 4.78 is 20.3. The average Bonchev–Trinajstić information content (AvgIpc) is 3.45. The number of nitrogens with one attached hydrogen (secondary N) is 1. The Morgan fingerprint density at radius 1 is 1.03 bits per heavy atom. The summed E-state index contributed by atoms with van der Waals surface area (Å²) in [5.74, 6) is 1.10. The van der Waals surface area contributed by atoms with Gasteiger partial charge in [-0.05, 0) is 61.5 Å². The maximum Gasteiger partial charge on any atom is 0.235 e. The van der Waals surface area contributed by atoms with Crippen LogP contribution in [0.3, 0.4) is 0 Å². The Balaban J connectivity index is 1.48. The van der Waals surface area contributed by atoms with Gasteiger partial charge < -0.3 is 4.74 Å². The summed E-state index contributed by atoms with van der Waals surface area (Å²) in [6, 6.07) is 15.8. The van der Waals surface area contributed by atoms with Gasteiger partial charge in [0.15, 0.2) is 0 Å². The van der Waals surface area contributed by atoms with Crippen LogP contribution in [-0.2, 0) is 0 Å². The maximum atomic E-state index is 13.1. The molecule has 2 aromatic carbocycles. The molecule has 0 spiro atoms. The number of H-pyrrole nitrogens is 1. The van der Waals surface area contributed by atoms with Crippen molar-refractivity contribution in [2.24, 2.45) is 0 Å². The van der Waals surface area contributed by atoms with Crippen molar-refractivity contribution >= 4 is 16.3 Å². The van der Waals surface area contributed by atoms with Gasteiger partial charge in [-0.25, -0.2) is 4.39 Å². The van der Waals surface area contributed by atoms with Crippen molar-refractivity contribution in [3.8, 4) is 39.1 Å². The fourth-order valence-corrected chi connectivity index (χ4v) is 3.81. The van der Waals surface area contributed by atoms with Crippen LogP contribution in [0.15, 0.2) is 54.6 Å². The summed E-state index contributed by atoms with van der Waals surface area (Å²) in [6.45, 7) is 2.58. The molecule has 3 heterocycles. The lowest BCUT2D eigenvalue weighted by Crippen LogP contribution is -1.92. The molecule has 0 aliphatic heterocycles. The highest BCUT2D eigenvalue weighted by atomic mass is 32.1. The number of nitrogens with zero attached hydrogens (tertiary/aromatic N) is 5. The van der Waals surface area contributed by atoms with E-state index in [4.69, 9.17) is 4.74 Å². The molecule has 7 nitrogen and oxygen atoms in total. The van der Waals surface area contributed by atoms with Crippen molar-refractivity contribution in [3.05, 3.63) is 60.4 Å². The molecule has 1 N–H and O–H groups in total. The molecule has 0 aliphatic carbocycles. The normalized spacial score (nSPS) is 11.2. The zero-order chi connectivity index (χ0) is 19.8. The minimum atomic E-state index is -0.284. The van der Waals surface area contributed by atoms with Crippen LogP contribution in [0.25, 0.3) is 38.3 Å². The van der Waals surface area contributed by atoms with Crippen molar-refractivity contribution in [1.29, 1.82) is 0 Å². The first kappa shape index (κ1) is 17.5. The van der Waals surface area contributed by atoms with Crippen LogP contribution in [0.2, 0.25) is 0 Å². The summed E-state index contributed by atoms with van der Waals surface area (Å²) in [5, 5.41) is 21.2. The second-order valence-electron chi connectivity index (χ2n) is 6.26. The largest absolute Gasteiger partial charge is 0.494 e. The van der Waals surface area contributed by atoms with Gasteiger partial charge in [0.1, 0.15) is 22.3 Å². The van der Waals surface area contributed by atoms with E-state index in [9.17, 15) is 4.39 Å². The number of hydrogen-bond acceptors (Lipinski definition) is 6. The SMILES string of the molecule is CCOc1ccc(-c2nn3c(-c4cc(-c5ccc(F)cc5)n[nH]4)nnc3s2)cc1. The summed E-state index contributed by atoms with van der Waals surface area (Å²) >= 11 is 1.45. The molecular weight excluding hydrogens is 391 g/mol. The topological polar surface area (TPSA) is 81.0 Å². The number of aromatic amines is 1. The third-order valence-electron chi connectivity index (χ3n) is 4.36. The smallest absolute Gasteiger partial charge is 0.235 e. The summed E-state index contributed by atoms with van der Waals surface area (Å²) in [4.78, 5) is 0.682. The lowest BCUT2D eigenvalue weighted by atomic mass is 10.1. The van der Waals surface area contributed by atoms with E-state index in [1.165, 1.54) is 23.5 Å². The Bertz CT molecular complexity index is 1270. The van der Waals surface area contributed by atoms with Gasteiger partial charge in [0.2, 0.25) is 10.8 Å². The van der Waals surface area contributed by atoms with Gasteiger partial charge in [-0.15, -0.1) is 10.2 Å². The molecule has 0 unspecified atom stereocenters. The van der Waals surface area contributed by atoms with Gasteiger partial charge in [0.05, 0.1) is 12.3 Å². The lowest BCUT2D eigenvalue weighted by Gasteiger charge is -2.02. The minimum absolute atomic E-state index is 0.284. The first-order valence-electron chi connectivity index (χ1n) is 8.98. The Labute approximate surface area is 168 Å². The van der Waals surface area contributed by atoms with Gasteiger partial charge in [-0.2, -0.15) is 14.7 Å². The Kier molecular flexibility index (Phi) is 4.28. The number of halogens is 1. The third-order valence-corrected chi connectivity index (χ3v) is 5.31. The Hall–Kier alpha value is -3.59. The Morgan fingerprint density at radius 2 is 1.79 bits per heavy atom. The number of fused-ring (bicyclic) bond motifs is 1. The highest BCUT2D eigenvalue weighted by Crippen LogP contribution is 2.29. The van der Waals surface area contributed by atoms with E-state index in [1.807, 2.05) is 37.3 Å². The van der Waals surface area contributed by atoms with Crippen molar-refractivity contribution in [2.75, 3.05) is 6.61 Å². The third kappa shape index (κ3) is 3.25. The molecule has 0 bridgehead atoms. The molecule has 0 aliphatic rings. The molecule has 0 saturated heterocycles. The monoisotopic (exact) mass is 406 g/mol. The number of rotatable bonds is 5. The molecule has 5 rings (SSSR count). The van der Waals surface area contributed by atoms with E-state index in [0.29, 0.717) is 28.8 Å². The molecule has 29 heavy (non-hydrogen) atoms. The van der Waals surface area contributed by atoms with E-state index in [0.717, 1.165) is 21.9 Å². The number of ether oxygens (including phenoxy) is 1. The van der Waals surface area contributed by atoms with Crippen LogP contribution in [0, 0.1) is 5.82 Å². The molecule has 0 atom stereocenters. The molecule has 3 aromatic heterocycles. The zero-order valence-electron chi connectivity index (χ0n) is 15.3. The second-order valence-corrected chi connectivity index (χ2v) is 7.21. The first-order valence-corrected chi connectivity index (χ1v) is 9.80.